The second-order valence-corrected chi connectivity index (χ2v) is 16.7. The zero-order valence-electron chi connectivity index (χ0n) is 30.9. The van der Waals surface area contributed by atoms with Crippen molar-refractivity contribution in [2.75, 3.05) is 0 Å². The van der Waals surface area contributed by atoms with Crippen LogP contribution in [0.5, 0.6) is 0 Å². The molecular formula is C44H50IrNO2S2-. The molecule has 50 heavy (non-hydrogen) atoms. The summed E-state index contributed by atoms with van der Waals surface area (Å²) in [6, 6.07) is 27.9. The summed E-state index contributed by atoms with van der Waals surface area (Å²) >= 11 is 3.62. The smallest absolute Gasteiger partial charge is 0.164 e. The first kappa shape index (κ1) is 39.6. The molecule has 0 aliphatic carbocycles. The van der Waals surface area contributed by atoms with Gasteiger partial charge in [0.15, 0.2) is 5.78 Å². The largest absolute Gasteiger partial charge is 0.512 e. The molecule has 0 unspecified atom stereocenters. The van der Waals surface area contributed by atoms with E-state index in [-0.39, 0.29) is 47.9 Å². The molecule has 0 bridgehead atoms. The van der Waals surface area contributed by atoms with Crippen molar-refractivity contribution in [2.24, 2.45) is 10.8 Å². The van der Waals surface area contributed by atoms with E-state index >= 15 is 0 Å². The maximum Gasteiger partial charge on any atom is 0.164 e. The number of benzene rings is 3. The molecule has 0 amide bonds. The van der Waals surface area contributed by atoms with E-state index in [9.17, 15) is 9.90 Å². The fourth-order valence-electron chi connectivity index (χ4n) is 6.10. The molecule has 0 fully saturated rings. The van der Waals surface area contributed by atoms with E-state index in [1.165, 1.54) is 47.6 Å². The Hall–Kier alpha value is -3.15. The molecule has 3 heterocycles. The standard InChI is InChI=1S/C29H22NS2.C15H28O2.Ir/c1-29(2,3)24-16-21(14-18-6-4-5-7-22(18)24)28-23-17-27(32-26(23)10-12-30-28)19-8-9-25-20(15-19)11-13-31-25;1-7-14(5,8-2)12(16)11-13(17)15(6,9-3)10-4;/h4-13,15-17H,1-3H3;11,16H,7-10H2,1-6H3;/q-1;;/b;12-11-;. The minimum Gasteiger partial charge on any atom is -0.512 e. The Bertz CT molecular complexity index is 2120. The number of thiophene rings is 2. The first-order chi connectivity index (χ1) is 23.3. The Morgan fingerprint density at radius 3 is 2.16 bits per heavy atom. The van der Waals surface area contributed by atoms with Gasteiger partial charge in [-0.15, -0.1) is 51.8 Å². The topological polar surface area (TPSA) is 50.2 Å². The molecule has 3 nitrogen and oxygen atoms in total. The molecule has 3 aromatic carbocycles. The average Bonchev–Trinajstić information content (AvgIpc) is 3.77. The number of aliphatic hydroxyl groups excluding tert-OH is 1. The second kappa shape index (κ2) is 16.0. The van der Waals surface area contributed by atoms with Gasteiger partial charge in [-0.3, -0.25) is 9.78 Å². The first-order valence-corrected chi connectivity index (χ1v) is 19.2. The maximum absolute atomic E-state index is 12.2. The molecule has 0 aliphatic heterocycles. The summed E-state index contributed by atoms with van der Waals surface area (Å²) in [6.07, 6.45) is 6.68. The van der Waals surface area contributed by atoms with Crippen LogP contribution in [0.25, 0.3) is 52.6 Å². The molecule has 1 N–H and O–H groups in total. The third-order valence-corrected chi connectivity index (χ3v) is 12.7. The number of fused-ring (bicyclic) bond motifs is 3. The number of pyridine rings is 1. The molecule has 0 atom stereocenters. The van der Waals surface area contributed by atoms with E-state index in [2.05, 4.69) is 98.9 Å². The maximum atomic E-state index is 12.2. The van der Waals surface area contributed by atoms with Gasteiger partial charge in [0, 0.05) is 63.2 Å². The van der Waals surface area contributed by atoms with E-state index in [0.717, 1.165) is 42.3 Å². The normalized spacial score (nSPS) is 12.5. The van der Waals surface area contributed by atoms with Crippen LogP contribution in [0.3, 0.4) is 0 Å². The number of allylic oxidation sites excluding steroid dienone is 2. The number of nitrogens with zero attached hydrogens (tertiary/aromatic N) is 1. The van der Waals surface area contributed by atoms with Crippen LogP contribution >= 0.6 is 22.7 Å². The minimum absolute atomic E-state index is 0. The molecule has 1 radical (unpaired) electrons. The number of hydrogen-bond donors (Lipinski definition) is 1. The Balaban J connectivity index is 0.000000269. The van der Waals surface area contributed by atoms with E-state index in [4.69, 9.17) is 4.98 Å². The van der Waals surface area contributed by atoms with Gasteiger partial charge in [-0.25, -0.2) is 0 Å². The molecule has 265 valence electrons. The second-order valence-electron chi connectivity index (χ2n) is 14.7. The van der Waals surface area contributed by atoms with Gasteiger partial charge in [0.1, 0.15) is 5.76 Å². The monoisotopic (exact) mass is 881 g/mol. The fourth-order valence-corrected chi connectivity index (χ4v) is 7.93. The summed E-state index contributed by atoms with van der Waals surface area (Å²) in [7, 11) is 0. The van der Waals surface area contributed by atoms with Crippen molar-refractivity contribution in [3.05, 3.63) is 102 Å². The summed E-state index contributed by atoms with van der Waals surface area (Å²) in [5, 5.41) is 17.2. The van der Waals surface area contributed by atoms with Crippen molar-refractivity contribution in [1.29, 1.82) is 0 Å². The van der Waals surface area contributed by atoms with Crippen LogP contribution in [-0.4, -0.2) is 15.9 Å². The van der Waals surface area contributed by atoms with E-state index in [1.807, 2.05) is 59.1 Å². The third kappa shape index (κ3) is 8.15. The van der Waals surface area contributed by atoms with Gasteiger partial charge >= 0.3 is 0 Å². The predicted molar refractivity (Wildman–Crippen MR) is 214 cm³/mol. The summed E-state index contributed by atoms with van der Waals surface area (Å²) in [5.74, 6) is 0.286. The zero-order valence-corrected chi connectivity index (χ0v) is 34.9. The Morgan fingerprint density at radius 1 is 0.820 bits per heavy atom. The number of hydrogen-bond acceptors (Lipinski definition) is 5. The van der Waals surface area contributed by atoms with E-state index < -0.39 is 0 Å². The number of carbonyl (C=O) groups is 1. The molecule has 6 rings (SSSR count). The molecule has 6 heteroatoms. The van der Waals surface area contributed by atoms with Gasteiger partial charge in [-0.1, -0.05) is 97.5 Å². The summed E-state index contributed by atoms with van der Waals surface area (Å²) in [6.45, 7) is 18.9. The van der Waals surface area contributed by atoms with Crippen molar-refractivity contribution in [3.63, 3.8) is 0 Å². The predicted octanol–water partition coefficient (Wildman–Crippen LogP) is 13.7. The van der Waals surface area contributed by atoms with Crippen molar-refractivity contribution in [1.82, 2.24) is 4.98 Å². The molecule has 0 spiro atoms. The van der Waals surface area contributed by atoms with Gasteiger partial charge in [0.2, 0.25) is 0 Å². The van der Waals surface area contributed by atoms with Crippen molar-refractivity contribution in [3.8, 4) is 21.7 Å². The molecule has 0 saturated carbocycles. The van der Waals surface area contributed by atoms with Crippen LogP contribution in [0, 0.1) is 16.9 Å². The summed E-state index contributed by atoms with van der Waals surface area (Å²) < 4.78 is 2.59. The van der Waals surface area contributed by atoms with Gasteiger partial charge < -0.3 is 5.11 Å². The van der Waals surface area contributed by atoms with Crippen LogP contribution < -0.4 is 0 Å². The van der Waals surface area contributed by atoms with Gasteiger partial charge in [-0.2, -0.15) is 0 Å². The molecule has 6 aromatic rings. The van der Waals surface area contributed by atoms with Crippen molar-refractivity contribution in [2.45, 2.75) is 93.4 Å². The SMILES string of the molecule is CC(C)(C)c1cc(-c2nccc3sc(-c4ccc5sccc5c4)cc23)[c-]c2ccccc12.CCC(C)(CC)C(=O)/C=C(\O)C(C)(CC)CC.[Ir]. The molecule has 0 aliphatic rings. The van der Waals surface area contributed by atoms with Crippen molar-refractivity contribution < 1.29 is 30.0 Å². The number of aromatic nitrogens is 1. The van der Waals surface area contributed by atoms with Crippen LogP contribution in [0.4, 0.5) is 0 Å². The van der Waals surface area contributed by atoms with Crippen LogP contribution in [0.15, 0.2) is 90.1 Å². The van der Waals surface area contributed by atoms with Crippen LogP contribution in [0.2, 0.25) is 0 Å². The van der Waals surface area contributed by atoms with E-state index in [1.54, 1.807) is 11.3 Å². The number of rotatable bonds is 9. The third-order valence-electron chi connectivity index (χ3n) is 10.6. The Labute approximate surface area is 320 Å². The van der Waals surface area contributed by atoms with Crippen LogP contribution in [0.1, 0.15) is 93.6 Å². The Morgan fingerprint density at radius 2 is 1.50 bits per heavy atom. The van der Waals surface area contributed by atoms with Crippen molar-refractivity contribution >= 4 is 59.4 Å². The first-order valence-electron chi connectivity index (χ1n) is 17.5. The zero-order chi connectivity index (χ0) is 35.6. The van der Waals surface area contributed by atoms with Gasteiger partial charge in [0.05, 0.1) is 0 Å². The molecule has 3 aromatic heterocycles. The van der Waals surface area contributed by atoms with Gasteiger partial charge in [-0.05, 0) is 83.1 Å². The molecular weight excluding hydrogens is 831 g/mol. The summed E-state index contributed by atoms with van der Waals surface area (Å²) in [4.78, 5) is 18.3. The number of carbonyl (C=O) groups excluding carboxylic acids is 1. The van der Waals surface area contributed by atoms with Crippen LogP contribution in [-0.2, 0) is 30.3 Å². The summed E-state index contributed by atoms with van der Waals surface area (Å²) in [5.41, 5.74) is 4.11. The number of aliphatic hydroxyl groups is 1. The minimum atomic E-state index is -0.337. The quantitative estimate of drug-likeness (QED) is 0.0894. The Kier molecular flexibility index (Phi) is 12.7. The number of ketones is 1. The fraction of sp³-hybridized carbons (Fsp3) is 0.364. The van der Waals surface area contributed by atoms with Gasteiger partial charge in [0.25, 0.3) is 0 Å². The van der Waals surface area contributed by atoms with E-state index in [0.29, 0.717) is 0 Å². The molecule has 0 saturated heterocycles. The average molecular weight is 881 g/mol.